The highest BCUT2D eigenvalue weighted by Gasteiger charge is 2.22. The van der Waals surface area contributed by atoms with Crippen LogP contribution in [0.5, 0.6) is 0 Å². The lowest BCUT2D eigenvalue weighted by Gasteiger charge is -2.30. The lowest BCUT2D eigenvalue weighted by Crippen LogP contribution is -2.43. The summed E-state index contributed by atoms with van der Waals surface area (Å²) in [6.07, 6.45) is 0.976. The average molecular weight is 314 g/mol. The van der Waals surface area contributed by atoms with E-state index in [0.29, 0.717) is 12.1 Å². The Kier molecular flexibility index (Phi) is 12.0. The number of nitrogens with one attached hydrogen (secondary N) is 2. The molecule has 1 amide bonds. The molecule has 1 saturated heterocycles. The molecule has 6 heteroatoms. The highest BCUT2D eigenvalue weighted by Crippen LogP contribution is 2.07. The number of hydrogen-bond acceptors (Lipinski definition) is 3. The number of carbonyl (C=O) groups is 1. The Hall–Kier alpha value is -0.0300. The van der Waals surface area contributed by atoms with Crippen molar-refractivity contribution in [3.8, 4) is 0 Å². The zero-order valence-electron chi connectivity index (χ0n) is 12.4. The second-order valence-corrected chi connectivity index (χ2v) is 5.41. The number of halogens is 2. The second-order valence-electron chi connectivity index (χ2n) is 5.41. The van der Waals surface area contributed by atoms with E-state index in [-0.39, 0.29) is 36.6 Å². The van der Waals surface area contributed by atoms with Crippen LogP contribution in [-0.4, -0.2) is 49.1 Å². The summed E-state index contributed by atoms with van der Waals surface area (Å²) in [5.74, 6) is 0.393. The number of carbonyl (C=O) groups excluding carboxylic acids is 1. The van der Waals surface area contributed by atoms with Gasteiger partial charge in [-0.1, -0.05) is 0 Å². The van der Waals surface area contributed by atoms with E-state index in [4.69, 9.17) is 0 Å². The SMILES string of the molecule is CC(C)N(CCNC(=O)C1CCNC1)C(C)C.Cl.Cl. The largest absolute Gasteiger partial charge is 0.355 e. The van der Waals surface area contributed by atoms with Crippen LogP contribution in [0.25, 0.3) is 0 Å². The van der Waals surface area contributed by atoms with Crippen LogP contribution in [-0.2, 0) is 4.79 Å². The molecule has 0 bridgehead atoms. The van der Waals surface area contributed by atoms with Crippen LogP contribution in [0.2, 0.25) is 0 Å². The van der Waals surface area contributed by atoms with Crippen molar-refractivity contribution in [3.05, 3.63) is 0 Å². The Bertz CT molecular complexity index is 236. The van der Waals surface area contributed by atoms with Crippen molar-refractivity contribution in [1.82, 2.24) is 15.5 Å². The van der Waals surface area contributed by atoms with Crippen LogP contribution >= 0.6 is 24.8 Å². The minimum absolute atomic E-state index is 0. The Morgan fingerprint density at radius 1 is 1.26 bits per heavy atom. The summed E-state index contributed by atoms with van der Waals surface area (Å²) in [7, 11) is 0. The van der Waals surface area contributed by atoms with Gasteiger partial charge in [0.25, 0.3) is 0 Å². The lowest BCUT2D eigenvalue weighted by molar-refractivity contribution is -0.124. The van der Waals surface area contributed by atoms with Gasteiger partial charge in [0.1, 0.15) is 0 Å². The van der Waals surface area contributed by atoms with Gasteiger partial charge in [0.2, 0.25) is 5.91 Å². The van der Waals surface area contributed by atoms with Crippen molar-refractivity contribution in [3.63, 3.8) is 0 Å². The Labute approximate surface area is 129 Å². The standard InChI is InChI=1S/C13H27N3O.2ClH/c1-10(2)16(11(3)4)8-7-15-13(17)12-5-6-14-9-12;;/h10-12,14H,5-9H2,1-4H3,(H,15,17);2*1H. The maximum absolute atomic E-state index is 11.8. The first kappa shape index (κ1) is 21.3. The summed E-state index contributed by atoms with van der Waals surface area (Å²) in [5, 5.41) is 6.26. The average Bonchev–Trinajstić information content (AvgIpc) is 2.76. The topological polar surface area (TPSA) is 44.4 Å². The molecular formula is C13H29Cl2N3O. The summed E-state index contributed by atoms with van der Waals surface area (Å²) in [4.78, 5) is 14.2. The first-order valence-electron chi connectivity index (χ1n) is 6.76. The quantitative estimate of drug-likeness (QED) is 0.784. The molecular weight excluding hydrogens is 285 g/mol. The predicted octanol–water partition coefficient (Wildman–Crippen LogP) is 1.67. The molecule has 1 unspecified atom stereocenters. The van der Waals surface area contributed by atoms with Gasteiger partial charge in [0, 0.05) is 31.7 Å². The fourth-order valence-corrected chi connectivity index (χ4v) is 2.44. The van der Waals surface area contributed by atoms with E-state index in [1.54, 1.807) is 0 Å². The van der Waals surface area contributed by atoms with Crippen LogP contribution in [0.1, 0.15) is 34.1 Å². The monoisotopic (exact) mass is 313 g/mol. The van der Waals surface area contributed by atoms with Crippen molar-refractivity contribution in [2.75, 3.05) is 26.2 Å². The van der Waals surface area contributed by atoms with E-state index < -0.39 is 0 Å². The minimum atomic E-state index is 0. The van der Waals surface area contributed by atoms with Crippen molar-refractivity contribution in [1.29, 1.82) is 0 Å². The molecule has 1 atom stereocenters. The smallest absolute Gasteiger partial charge is 0.224 e. The van der Waals surface area contributed by atoms with Gasteiger partial charge >= 0.3 is 0 Å². The summed E-state index contributed by atoms with van der Waals surface area (Å²) < 4.78 is 0. The van der Waals surface area contributed by atoms with Gasteiger partial charge in [0.15, 0.2) is 0 Å². The predicted molar refractivity (Wildman–Crippen MR) is 85.5 cm³/mol. The van der Waals surface area contributed by atoms with E-state index in [1.807, 2.05) is 0 Å². The second kappa shape index (κ2) is 10.7. The molecule has 0 saturated carbocycles. The van der Waals surface area contributed by atoms with Crippen LogP contribution in [0, 0.1) is 5.92 Å². The molecule has 0 aromatic carbocycles. The summed E-state index contributed by atoms with van der Waals surface area (Å²) >= 11 is 0. The van der Waals surface area contributed by atoms with Crippen molar-refractivity contribution >= 4 is 30.7 Å². The summed E-state index contributed by atoms with van der Waals surface area (Å²) in [6, 6.07) is 1.06. The molecule has 0 aromatic heterocycles. The highest BCUT2D eigenvalue weighted by atomic mass is 35.5. The zero-order valence-corrected chi connectivity index (χ0v) is 14.1. The Morgan fingerprint density at radius 2 is 1.84 bits per heavy atom. The molecule has 1 aliphatic heterocycles. The molecule has 116 valence electrons. The van der Waals surface area contributed by atoms with Gasteiger partial charge in [-0.3, -0.25) is 9.69 Å². The van der Waals surface area contributed by atoms with Gasteiger partial charge < -0.3 is 10.6 Å². The fraction of sp³-hybridized carbons (Fsp3) is 0.923. The molecule has 0 spiro atoms. The first-order valence-corrected chi connectivity index (χ1v) is 6.76. The van der Waals surface area contributed by atoms with Crippen molar-refractivity contribution in [2.45, 2.75) is 46.2 Å². The van der Waals surface area contributed by atoms with Gasteiger partial charge in [0.05, 0.1) is 5.92 Å². The summed E-state index contributed by atoms with van der Waals surface area (Å²) in [6.45, 7) is 12.3. The minimum Gasteiger partial charge on any atom is -0.355 e. The van der Waals surface area contributed by atoms with Gasteiger partial charge in [-0.15, -0.1) is 24.8 Å². The molecule has 0 aliphatic carbocycles. The lowest BCUT2D eigenvalue weighted by atomic mass is 10.1. The molecule has 1 aliphatic rings. The number of hydrogen-bond donors (Lipinski definition) is 2. The first-order chi connectivity index (χ1) is 8.02. The summed E-state index contributed by atoms with van der Waals surface area (Å²) in [5.41, 5.74) is 0. The third-order valence-electron chi connectivity index (χ3n) is 3.43. The number of nitrogens with zero attached hydrogens (tertiary/aromatic N) is 1. The molecule has 0 radical (unpaired) electrons. The van der Waals surface area contributed by atoms with Crippen molar-refractivity contribution < 1.29 is 4.79 Å². The van der Waals surface area contributed by atoms with E-state index in [9.17, 15) is 4.79 Å². The molecule has 1 fully saturated rings. The molecule has 4 nitrogen and oxygen atoms in total. The van der Waals surface area contributed by atoms with Crippen LogP contribution in [0.4, 0.5) is 0 Å². The fourth-order valence-electron chi connectivity index (χ4n) is 2.44. The third-order valence-corrected chi connectivity index (χ3v) is 3.43. The molecule has 19 heavy (non-hydrogen) atoms. The molecule has 1 heterocycles. The third kappa shape index (κ3) is 7.35. The maximum atomic E-state index is 11.8. The molecule has 0 aromatic rings. The van der Waals surface area contributed by atoms with Gasteiger partial charge in [-0.2, -0.15) is 0 Å². The number of rotatable bonds is 6. The van der Waals surface area contributed by atoms with E-state index >= 15 is 0 Å². The van der Waals surface area contributed by atoms with Crippen molar-refractivity contribution in [2.24, 2.45) is 5.92 Å². The van der Waals surface area contributed by atoms with Crippen LogP contribution < -0.4 is 10.6 Å². The van der Waals surface area contributed by atoms with Crippen LogP contribution in [0.3, 0.4) is 0 Å². The van der Waals surface area contributed by atoms with E-state index in [1.165, 1.54) is 0 Å². The van der Waals surface area contributed by atoms with E-state index in [0.717, 1.165) is 32.6 Å². The van der Waals surface area contributed by atoms with Crippen LogP contribution in [0.15, 0.2) is 0 Å². The highest BCUT2D eigenvalue weighted by molar-refractivity contribution is 5.85. The maximum Gasteiger partial charge on any atom is 0.224 e. The molecule has 1 rings (SSSR count). The zero-order chi connectivity index (χ0) is 12.8. The van der Waals surface area contributed by atoms with E-state index in [2.05, 4.69) is 43.2 Å². The number of amides is 1. The molecule has 2 N–H and O–H groups in total. The Balaban J connectivity index is 0. The van der Waals surface area contributed by atoms with Gasteiger partial charge in [-0.25, -0.2) is 0 Å². The van der Waals surface area contributed by atoms with Gasteiger partial charge in [-0.05, 0) is 40.7 Å². The normalized spacial score (nSPS) is 18.4. The Morgan fingerprint density at radius 3 is 2.26 bits per heavy atom.